The topological polar surface area (TPSA) is 52.0 Å². The quantitative estimate of drug-likeness (QED) is 0.786. The number of nitrogens with zero attached hydrogens (tertiary/aromatic N) is 1. The number of nitrogen functional groups attached to an aromatic ring is 1. The van der Waals surface area contributed by atoms with Gasteiger partial charge in [-0.15, -0.1) is 0 Å². The molecule has 1 aromatic carbocycles. The molecule has 0 saturated heterocycles. The number of anilines is 1. The summed E-state index contributed by atoms with van der Waals surface area (Å²) in [6, 6.07) is 1.95. The summed E-state index contributed by atoms with van der Waals surface area (Å²) in [6.45, 7) is 0. The summed E-state index contributed by atoms with van der Waals surface area (Å²) < 4.78 is 55.1. The van der Waals surface area contributed by atoms with E-state index >= 15 is 0 Å². The fraction of sp³-hybridized carbons (Fsp3) is 0.100. The number of nitrogens with two attached hydrogens (primary N) is 1. The van der Waals surface area contributed by atoms with Crippen molar-refractivity contribution < 1.29 is 22.0 Å². The van der Waals surface area contributed by atoms with E-state index in [1.54, 1.807) is 0 Å². The summed E-state index contributed by atoms with van der Waals surface area (Å²) in [7, 11) is 0. The molecule has 7 heteroatoms. The van der Waals surface area contributed by atoms with E-state index in [1.165, 1.54) is 0 Å². The van der Waals surface area contributed by atoms with E-state index in [9.17, 15) is 17.6 Å². The molecule has 0 saturated carbocycles. The third-order valence-corrected chi connectivity index (χ3v) is 2.09. The van der Waals surface area contributed by atoms with Crippen LogP contribution in [-0.2, 0) is 6.18 Å². The monoisotopic (exact) mass is 246 g/mol. The van der Waals surface area contributed by atoms with Gasteiger partial charge in [0.1, 0.15) is 5.82 Å². The van der Waals surface area contributed by atoms with E-state index in [4.69, 9.17) is 10.2 Å². The minimum absolute atomic E-state index is 0.0197. The van der Waals surface area contributed by atoms with E-state index in [0.29, 0.717) is 6.07 Å². The molecule has 2 rings (SSSR count). The molecule has 1 heterocycles. The Hall–Kier alpha value is -2.05. The van der Waals surface area contributed by atoms with Crippen molar-refractivity contribution in [3.8, 4) is 11.3 Å². The fourth-order valence-electron chi connectivity index (χ4n) is 1.30. The molecule has 2 N–H and O–H groups in total. The average Bonchev–Trinajstić information content (AvgIpc) is 2.63. The average molecular weight is 246 g/mol. The van der Waals surface area contributed by atoms with Gasteiger partial charge >= 0.3 is 6.18 Å². The van der Waals surface area contributed by atoms with E-state index in [0.717, 1.165) is 18.3 Å². The van der Waals surface area contributed by atoms with Crippen LogP contribution in [0.5, 0.6) is 0 Å². The summed E-state index contributed by atoms with van der Waals surface area (Å²) >= 11 is 0. The Kier molecular flexibility index (Phi) is 2.53. The van der Waals surface area contributed by atoms with Crippen LogP contribution in [0.15, 0.2) is 28.8 Å². The van der Waals surface area contributed by atoms with E-state index < -0.39 is 17.6 Å². The predicted octanol–water partition coefficient (Wildman–Crippen LogP) is 3.08. The van der Waals surface area contributed by atoms with E-state index in [1.807, 2.05) is 0 Å². The van der Waals surface area contributed by atoms with Crippen molar-refractivity contribution in [2.45, 2.75) is 6.18 Å². The molecule has 0 aliphatic carbocycles. The molecule has 0 fully saturated rings. The number of alkyl halides is 3. The van der Waals surface area contributed by atoms with Gasteiger partial charge in [0.25, 0.3) is 6.01 Å². The van der Waals surface area contributed by atoms with Crippen LogP contribution in [-0.4, -0.2) is 4.98 Å². The summed E-state index contributed by atoms with van der Waals surface area (Å²) in [5.41, 5.74) is 4.00. The molecule has 0 aliphatic rings. The first-order chi connectivity index (χ1) is 7.88. The van der Waals surface area contributed by atoms with Crippen molar-refractivity contribution in [1.29, 1.82) is 0 Å². The molecular weight excluding hydrogens is 240 g/mol. The Bertz CT molecular complexity index is 547. The minimum Gasteiger partial charge on any atom is -0.424 e. The first-order valence-corrected chi connectivity index (χ1v) is 4.46. The lowest BCUT2D eigenvalue weighted by Crippen LogP contribution is -2.05. The number of aromatic nitrogens is 1. The van der Waals surface area contributed by atoms with Crippen molar-refractivity contribution in [1.82, 2.24) is 4.98 Å². The van der Waals surface area contributed by atoms with Crippen LogP contribution < -0.4 is 5.73 Å². The lowest BCUT2D eigenvalue weighted by Gasteiger charge is -2.07. The molecular formula is C10H6F4N2O. The van der Waals surface area contributed by atoms with Gasteiger partial charge in [0.2, 0.25) is 0 Å². The predicted molar refractivity (Wildman–Crippen MR) is 51.3 cm³/mol. The van der Waals surface area contributed by atoms with E-state index in [-0.39, 0.29) is 17.3 Å². The van der Waals surface area contributed by atoms with Crippen molar-refractivity contribution in [3.63, 3.8) is 0 Å². The zero-order chi connectivity index (χ0) is 12.6. The molecule has 0 spiro atoms. The molecule has 90 valence electrons. The van der Waals surface area contributed by atoms with Gasteiger partial charge in [-0.3, -0.25) is 0 Å². The standard InChI is InChI=1S/C10H6F4N2O/c11-7-3-5(10(12,13)14)1-2-6(7)8-4-16-9(15)17-8/h1-4H,(H2,15,16). The molecule has 0 bridgehead atoms. The van der Waals surface area contributed by atoms with Crippen LogP contribution in [0.4, 0.5) is 23.6 Å². The first kappa shape index (κ1) is 11.4. The molecule has 2 aromatic rings. The van der Waals surface area contributed by atoms with Gasteiger partial charge in [-0.1, -0.05) is 0 Å². The van der Waals surface area contributed by atoms with E-state index in [2.05, 4.69) is 4.98 Å². The van der Waals surface area contributed by atoms with Crippen LogP contribution in [0.1, 0.15) is 5.56 Å². The van der Waals surface area contributed by atoms with Crippen molar-refractivity contribution in [3.05, 3.63) is 35.8 Å². The number of oxazole rings is 1. The summed E-state index contributed by atoms with van der Waals surface area (Å²) in [6.07, 6.45) is -3.44. The van der Waals surface area contributed by atoms with Gasteiger partial charge in [-0.2, -0.15) is 13.2 Å². The number of hydrogen-bond donors (Lipinski definition) is 1. The summed E-state index contributed by atoms with van der Waals surface area (Å²) in [4.78, 5) is 3.53. The van der Waals surface area contributed by atoms with Crippen LogP contribution in [0, 0.1) is 5.82 Å². The Morgan fingerprint density at radius 2 is 1.94 bits per heavy atom. The van der Waals surface area contributed by atoms with Gasteiger partial charge in [0.05, 0.1) is 17.3 Å². The molecule has 1 aromatic heterocycles. The lowest BCUT2D eigenvalue weighted by molar-refractivity contribution is -0.137. The minimum atomic E-state index is -4.58. The second-order valence-electron chi connectivity index (χ2n) is 3.26. The zero-order valence-electron chi connectivity index (χ0n) is 8.25. The van der Waals surface area contributed by atoms with Crippen LogP contribution >= 0.6 is 0 Å². The highest BCUT2D eigenvalue weighted by molar-refractivity contribution is 5.58. The highest BCUT2D eigenvalue weighted by Gasteiger charge is 2.31. The molecule has 0 amide bonds. The molecule has 0 atom stereocenters. The maximum atomic E-state index is 13.4. The molecule has 3 nitrogen and oxygen atoms in total. The largest absolute Gasteiger partial charge is 0.424 e. The lowest BCUT2D eigenvalue weighted by atomic mass is 10.1. The van der Waals surface area contributed by atoms with Crippen LogP contribution in [0.2, 0.25) is 0 Å². The first-order valence-electron chi connectivity index (χ1n) is 4.46. The Balaban J connectivity index is 2.45. The molecule has 0 aliphatic heterocycles. The Morgan fingerprint density at radius 1 is 1.24 bits per heavy atom. The van der Waals surface area contributed by atoms with Gasteiger partial charge in [0.15, 0.2) is 5.76 Å². The summed E-state index contributed by atoms with van der Waals surface area (Å²) in [5, 5.41) is 0. The Morgan fingerprint density at radius 3 is 2.41 bits per heavy atom. The van der Waals surface area contributed by atoms with Crippen LogP contribution in [0.3, 0.4) is 0 Å². The third-order valence-electron chi connectivity index (χ3n) is 2.09. The van der Waals surface area contributed by atoms with Gasteiger partial charge in [-0.05, 0) is 18.2 Å². The Labute approximate surface area is 92.9 Å². The van der Waals surface area contributed by atoms with Crippen molar-refractivity contribution in [2.75, 3.05) is 5.73 Å². The zero-order valence-corrected chi connectivity index (χ0v) is 8.25. The highest BCUT2D eigenvalue weighted by Crippen LogP contribution is 2.33. The SMILES string of the molecule is Nc1ncc(-c2ccc(C(F)(F)F)cc2F)o1. The smallest absolute Gasteiger partial charge is 0.416 e. The van der Waals surface area contributed by atoms with Crippen molar-refractivity contribution >= 4 is 6.01 Å². The fourth-order valence-corrected chi connectivity index (χ4v) is 1.30. The van der Waals surface area contributed by atoms with Gasteiger partial charge in [0, 0.05) is 0 Å². The van der Waals surface area contributed by atoms with Crippen molar-refractivity contribution in [2.24, 2.45) is 0 Å². The molecule has 0 radical (unpaired) electrons. The second kappa shape index (κ2) is 3.76. The van der Waals surface area contributed by atoms with Crippen LogP contribution in [0.25, 0.3) is 11.3 Å². The number of halogens is 4. The van der Waals surface area contributed by atoms with Gasteiger partial charge < -0.3 is 10.2 Å². The molecule has 17 heavy (non-hydrogen) atoms. The maximum Gasteiger partial charge on any atom is 0.416 e. The van der Waals surface area contributed by atoms with Gasteiger partial charge in [-0.25, -0.2) is 9.37 Å². The molecule has 0 unspecified atom stereocenters. The summed E-state index contributed by atoms with van der Waals surface area (Å²) in [5.74, 6) is -1.07. The number of benzene rings is 1. The number of rotatable bonds is 1. The maximum absolute atomic E-state index is 13.4. The normalized spacial score (nSPS) is 11.8. The highest BCUT2D eigenvalue weighted by atomic mass is 19.4. The third kappa shape index (κ3) is 2.22. The number of hydrogen-bond acceptors (Lipinski definition) is 3. The second-order valence-corrected chi connectivity index (χ2v) is 3.26.